The smallest absolute Gasteiger partial charge is 0.205 e. The van der Waals surface area contributed by atoms with Gasteiger partial charge in [0.05, 0.1) is 10.7 Å². The first-order valence-electron chi connectivity index (χ1n) is 9.23. The van der Waals surface area contributed by atoms with Crippen LogP contribution in [-0.2, 0) is 4.57 Å². The highest BCUT2D eigenvalue weighted by atomic mass is 32.1. The average molecular weight is 409 g/mol. The third-order valence-electron chi connectivity index (χ3n) is 4.54. The molecule has 0 bridgehead atoms. The van der Waals surface area contributed by atoms with E-state index in [0.29, 0.717) is 6.42 Å². The molecule has 0 aliphatic rings. The molecule has 144 valence electrons. The van der Waals surface area contributed by atoms with Crippen molar-refractivity contribution < 1.29 is 4.57 Å². The fraction of sp³-hybridized carbons (Fsp3) is 0.174. The summed E-state index contributed by atoms with van der Waals surface area (Å²) in [7, 11) is -3.02. The Kier molecular flexibility index (Phi) is 6.79. The number of aryl methyl sites for hydroxylation is 1. The van der Waals surface area contributed by atoms with Gasteiger partial charge in [-0.3, -0.25) is 9.65 Å². The highest BCUT2D eigenvalue weighted by molar-refractivity contribution is 7.76. The van der Waals surface area contributed by atoms with E-state index in [4.69, 9.17) is 0 Å². The van der Waals surface area contributed by atoms with Crippen molar-refractivity contribution in [2.24, 2.45) is 0 Å². The van der Waals surface area contributed by atoms with E-state index >= 15 is 0 Å². The zero-order valence-corrected chi connectivity index (χ0v) is 17.9. The molecule has 1 heterocycles. The summed E-state index contributed by atoms with van der Waals surface area (Å²) >= 11 is 1.63. The molecule has 3 nitrogen and oxygen atoms in total. The largest absolute Gasteiger partial charge is 0.297 e. The number of aromatic nitrogens is 1. The van der Waals surface area contributed by atoms with Gasteiger partial charge < -0.3 is 0 Å². The van der Waals surface area contributed by atoms with Crippen LogP contribution in [0.3, 0.4) is 0 Å². The van der Waals surface area contributed by atoms with E-state index in [1.807, 2.05) is 79.0 Å². The Balaban J connectivity index is 2.01. The molecule has 0 saturated carbocycles. The summed E-state index contributed by atoms with van der Waals surface area (Å²) in [5.74, 6) is 0. The van der Waals surface area contributed by atoms with Gasteiger partial charge in [-0.05, 0) is 50.6 Å². The van der Waals surface area contributed by atoms with E-state index in [1.54, 1.807) is 11.3 Å². The van der Waals surface area contributed by atoms with Crippen LogP contribution in [0.15, 0.2) is 84.3 Å². The first-order valence-corrected chi connectivity index (χ1v) is 11.8. The maximum Gasteiger partial charge on any atom is 0.205 e. The number of hydrogen-bond donors (Lipinski definition) is 1. The van der Waals surface area contributed by atoms with Gasteiger partial charge in [-0.15, -0.1) is 17.9 Å². The van der Waals surface area contributed by atoms with Gasteiger partial charge in [-0.1, -0.05) is 48.0 Å². The van der Waals surface area contributed by atoms with E-state index in [0.717, 1.165) is 26.9 Å². The lowest BCUT2D eigenvalue weighted by atomic mass is 10.1. The van der Waals surface area contributed by atoms with Gasteiger partial charge in [0.1, 0.15) is 0 Å². The van der Waals surface area contributed by atoms with Crippen LogP contribution >= 0.6 is 18.6 Å². The number of nitrogens with zero attached hydrogens (tertiary/aromatic N) is 1. The lowest BCUT2D eigenvalue weighted by Gasteiger charge is -2.27. The first-order chi connectivity index (χ1) is 13.5. The minimum Gasteiger partial charge on any atom is -0.297 e. The minimum atomic E-state index is -3.02. The maximum absolute atomic E-state index is 14.3. The predicted molar refractivity (Wildman–Crippen MR) is 122 cm³/mol. The van der Waals surface area contributed by atoms with E-state index in [9.17, 15) is 4.57 Å². The molecule has 0 aliphatic heterocycles. The van der Waals surface area contributed by atoms with Crippen LogP contribution in [0.4, 0.5) is 0 Å². The summed E-state index contributed by atoms with van der Waals surface area (Å²) in [4.78, 5) is 4.53. The van der Waals surface area contributed by atoms with Crippen LogP contribution in [-0.4, -0.2) is 11.0 Å². The summed E-state index contributed by atoms with van der Waals surface area (Å²) in [6.07, 6.45) is 4.60. The van der Waals surface area contributed by atoms with Gasteiger partial charge in [0.2, 0.25) is 7.29 Å². The quantitative estimate of drug-likeness (QED) is 0.405. The molecule has 28 heavy (non-hydrogen) atoms. The topological polar surface area (TPSA) is 42.0 Å². The molecule has 3 aromatic rings. The zero-order valence-electron chi connectivity index (χ0n) is 16.2. The lowest BCUT2D eigenvalue weighted by Crippen LogP contribution is -2.35. The van der Waals surface area contributed by atoms with Crippen LogP contribution in [0.2, 0.25) is 0 Å². The average Bonchev–Trinajstić information content (AvgIpc) is 3.13. The molecule has 0 aliphatic carbocycles. The van der Waals surface area contributed by atoms with Crippen molar-refractivity contribution in [3.63, 3.8) is 0 Å². The van der Waals surface area contributed by atoms with Crippen LogP contribution in [0.25, 0.3) is 6.08 Å². The highest BCUT2D eigenvalue weighted by Gasteiger charge is 2.30. The number of benzene rings is 2. The van der Waals surface area contributed by atoms with Crippen LogP contribution < -0.4 is 15.7 Å². The molecule has 0 amide bonds. The SMILES string of the molecule is C=CC[C@@H](NP(=O)(c1ccccc1)c1ccccc1)C(C)=Cc1csc(C)n1. The summed E-state index contributed by atoms with van der Waals surface area (Å²) in [5.41, 5.74) is 2.02. The Morgan fingerprint density at radius 2 is 1.71 bits per heavy atom. The molecule has 2 aromatic carbocycles. The third kappa shape index (κ3) is 4.77. The third-order valence-corrected chi connectivity index (χ3v) is 8.06. The van der Waals surface area contributed by atoms with Crippen molar-refractivity contribution >= 4 is 35.3 Å². The van der Waals surface area contributed by atoms with Crippen molar-refractivity contribution in [2.75, 3.05) is 0 Å². The van der Waals surface area contributed by atoms with Gasteiger partial charge in [-0.2, -0.15) is 0 Å². The Bertz CT molecular complexity index is 952. The van der Waals surface area contributed by atoms with E-state index in [1.165, 1.54) is 0 Å². The molecule has 1 aromatic heterocycles. The van der Waals surface area contributed by atoms with Crippen LogP contribution in [0, 0.1) is 6.92 Å². The van der Waals surface area contributed by atoms with Crippen molar-refractivity contribution in [3.8, 4) is 0 Å². The highest BCUT2D eigenvalue weighted by Crippen LogP contribution is 2.40. The van der Waals surface area contributed by atoms with Gasteiger partial charge in [0.25, 0.3) is 0 Å². The molecule has 0 fully saturated rings. The fourth-order valence-corrected chi connectivity index (χ4v) is 6.18. The predicted octanol–water partition coefficient (Wildman–Crippen LogP) is 5.32. The number of nitrogens with one attached hydrogen (secondary N) is 1. The van der Waals surface area contributed by atoms with Crippen LogP contribution in [0.5, 0.6) is 0 Å². The van der Waals surface area contributed by atoms with E-state index in [-0.39, 0.29) is 6.04 Å². The van der Waals surface area contributed by atoms with Gasteiger partial charge in [0, 0.05) is 22.0 Å². The van der Waals surface area contributed by atoms with Crippen molar-refractivity contribution in [3.05, 3.63) is 95.0 Å². The molecule has 0 radical (unpaired) electrons. The number of hydrogen-bond acceptors (Lipinski definition) is 3. The summed E-state index contributed by atoms with van der Waals surface area (Å²) in [6, 6.07) is 19.2. The monoisotopic (exact) mass is 408 g/mol. The lowest BCUT2D eigenvalue weighted by molar-refractivity contribution is 0.568. The fourth-order valence-electron chi connectivity index (χ4n) is 3.08. The number of rotatable bonds is 8. The zero-order chi connectivity index (χ0) is 20.0. The second-order valence-electron chi connectivity index (χ2n) is 6.67. The second kappa shape index (κ2) is 9.29. The Labute approximate surface area is 171 Å². The standard InChI is InChI=1S/C23H25N2OPS/c1-4-11-23(18(2)16-20-17-28-19(3)24-20)25-27(26,21-12-7-5-8-13-21)22-14-9-6-10-15-22/h4-10,12-17,23H,1,11H2,2-3H3,(H,25,26)/t23-/m1/s1. The van der Waals surface area contributed by atoms with Crippen molar-refractivity contribution in [2.45, 2.75) is 26.3 Å². The van der Waals surface area contributed by atoms with Crippen LogP contribution in [0.1, 0.15) is 24.0 Å². The first kappa shape index (κ1) is 20.5. The van der Waals surface area contributed by atoms with Gasteiger partial charge >= 0.3 is 0 Å². The Morgan fingerprint density at radius 1 is 1.14 bits per heavy atom. The van der Waals surface area contributed by atoms with Crippen molar-refractivity contribution in [1.29, 1.82) is 0 Å². The van der Waals surface area contributed by atoms with Gasteiger partial charge in [-0.25, -0.2) is 4.98 Å². The summed E-state index contributed by atoms with van der Waals surface area (Å²) in [5, 5.41) is 8.15. The number of thiazole rings is 1. The molecular weight excluding hydrogens is 383 g/mol. The molecular formula is C23H25N2OPS. The molecule has 0 saturated heterocycles. The minimum absolute atomic E-state index is 0.106. The Hall–Kier alpha value is -2.26. The Morgan fingerprint density at radius 3 is 2.18 bits per heavy atom. The summed E-state index contributed by atoms with van der Waals surface area (Å²) in [6.45, 7) is 7.95. The van der Waals surface area contributed by atoms with Crippen molar-refractivity contribution in [1.82, 2.24) is 10.1 Å². The molecule has 3 rings (SSSR count). The molecule has 0 spiro atoms. The summed E-state index contributed by atoms with van der Waals surface area (Å²) < 4.78 is 14.3. The maximum atomic E-state index is 14.3. The molecule has 0 unspecified atom stereocenters. The normalized spacial score (nSPS) is 13.3. The molecule has 1 N–H and O–H groups in total. The van der Waals surface area contributed by atoms with E-state index in [2.05, 4.69) is 29.6 Å². The van der Waals surface area contributed by atoms with Gasteiger partial charge in [0.15, 0.2) is 0 Å². The van der Waals surface area contributed by atoms with E-state index < -0.39 is 7.29 Å². The second-order valence-corrected chi connectivity index (χ2v) is 10.2. The molecule has 1 atom stereocenters. The molecule has 5 heteroatoms.